The summed E-state index contributed by atoms with van der Waals surface area (Å²) in [6.07, 6.45) is -4.67. The van der Waals surface area contributed by atoms with E-state index in [0.717, 1.165) is 41.8 Å². The lowest BCUT2D eigenvalue weighted by Gasteiger charge is -2.33. The molecule has 0 aliphatic carbocycles. The number of aromatic nitrogens is 2. The molecule has 6 nitrogen and oxygen atoms in total. The summed E-state index contributed by atoms with van der Waals surface area (Å²) < 4.78 is 47.4. The first-order valence-electron chi connectivity index (χ1n) is 9.72. The molecule has 0 saturated carbocycles. The molecule has 3 aromatic rings. The molecule has 0 spiro atoms. The third-order valence-electron chi connectivity index (χ3n) is 4.96. The first kappa shape index (κ1) is 21.8. The van der Waals surface area contributed by atoms with Gasteiger partial charge in [0.15, 0.2) is 0 Å². The lowest BCUT2D eigenvalue weighted by molar-refractivity contribution is -0.274. The van der Waals surface area contributed by atoms with E-state index in [1.54, 1.807) is 12.1 Å². The Balaban J connectivity index is 1.26. The van der Waals surface area contributed by atoms with Gasteiger partial charge >= 0.3 is 6.36 Å². The number of rotatable bonds is 6. The zero-order chi connectivity index (χ0) is 21.8. The minimum Gasteiger partial charge on any atom is -0.419 e. The highest BCUT2D eigenvalue weighted by atomic mass is 79.9. The van der Waals surface area contributed by atoms with Gasteiger partial charge in [-0.1, -0.05) is 24.3 Å². The molecule has 1 aliphatic heterocycles. The molecule has 0 radical (unpaired) electrons. The van der Waals surface area contributed by atoms with Crippen LogP contribution in [0.25, 0.3) is 11.5 Å². The first-order chi connectivity index (χ1) is 14.9. The van der Waals surface area contributed by atoms with Crippen LogP contribution < -0.4 is 4.74 Å². The van der Waals surface area contributed by atoms with Crippen LogP contribution in [0.2, 0.25) is 0 Å². The maximum absolute atomic E-state index is 12.3. The summed E-state index contributed by atoms with van der Waals surface area (Å²) in [7, 11) is 0. The number of benzene rings is 2. The third kappa shape index (κ3) is 6.05. The van der Waals surface area contributed by atoms with Crippen LogP contribution in [0.1, 0.15) is 11.5 Å². The number of ether oxygens (including phenoxy) is 1. The number of piperazine rings is 1. The number of halogens is 4. The van der Waals surface area contributed by atoms with Gasteiger partial charge in [-0.2, -0.15) is 0 Å². The molecule has 0 atom stereocenters. The molecule has 4 rings (SSSR count). The highest BCUT2D eigenvalue weighted by Crippen LogP contribution is 2.27. The van der Waals surface area contributed by atoms with Gasteiger partial charge in [0.25, 0.3) is 0 Å². The largest absolute Gasteiger partial charge is 0.573 e. The molecule has 1 fully saturated rings. The van der Waals surface area contributed by atoms with E-state index in [0.29, 0.717) is 24.9 Å². The minimum atomic E-state index is -4.67. The zero-order valence-corrected chi connectivity index (χ0v) is 18.1. The summed E-state index contributed by atoms with van der Waals surface area (Å²) in [5, 5.41) is 8.31. The second kappa shape index (κ2) is 9.37. The Morgan fingerprint density at radius 3 is 2.19 bits per heavy atom. The van der Waals surface area contributed by atoms with Gasteiger partial charge < -0.3 is 9.15 Å². The second-order valence-corrected chi connectivity index (χ2v) is 8.08. The molecular weight excluding hydrogens is 477 g/mol. The van der Waals surface area contributed by atoms with Gasteiger partial charge in [-0.25, -0.2) is 0 Å². The van der Waals surface area contributed by atoms with E-state index in [1.807, 2.05) is 24.3 Å². The number of hydrogen-bond donors (Lipinski definition) is 0. The van der Waals surface area contributed by atoms with Gasteiger partial charge in [0.1, 0.15) is 5.75 Å². The Labute approximate surface area is 185 Å². The molecule has 2 heterocycles. The van der Waals surface area contributed by atoms with Crippen molar-refractivity contribution < 1.29 is 22.3 Å². The fourth-order valence-corrected chi connectivity index (χ4v) is 3.87. The maximum Gasteiger partial charge on any atom is 0.573 e. The average molecular weight is 497 g/mol. The van der Waals surface area contributed by atoms with Crippen molar-refractivity contribution in [3.05, 3.63) is 64.5 Å². The van der Waals surface area contributed by atoms with Crippen LogP contribution >= 0.6 is 15.9 Å². The summed E-state index contributed by atoms with van der Waals surface area (Å²) in [5.74, 6) is 0.848. The highest BCUT2D eigenvalue weighted by molar-refractivity contribution is 9.10. The summed E-state index contributed by atoms with van der Waals surface area (Å²) in [6, 6.07) is 13.7. The maximum atomic E-state index is 12.3. The van der Waals surface area contributed by atoms with E-state index in [1.165, 1.54) is 12.1 Å². The number of nitrogens with zero attached hydrogens (tertiary/aromatic N) is 4. The Hall–Kier alpha value is -2.43. The van der Waals surface area contributed by atoms with E-state index >= 15 is 0 Å². The van der Waals surface area contributed by atoms with Crippen molar-refractivity contribution in [3.63, 3.8) is 0 Å². The molecular formula is C21H20BrF3N4O2. The van der Waals surface area contributed by atoms with Crippen LogP contribution in [0.3, 0.4) is 0 Å². The molecule has 0 amide bonds. The Kier molecular flexibility index (Phi) is 6.59. The predicted molar refractivity (Wildman–Crippen MR) is 111 cm³/mol. The van der Waals surface area contributed by atoms with Crippen LogP contribution in [0.5, 0.6) is 5.75 Å². The second-order valence-electron chi connectivity index (χ2n) is 7.22. The Morgan fingerprint density at radius 1 is 0.903 bits per heavy atom. The van der Waals surface area contributed by atoms with Gasteiger partial charge in [0.05, 0.1) is 12.1 Å². The van der Waals surface area contributed by atoms with Crippen molar-refractivity contribution in [2.45, 2.75) is 19.5 Å². The normalized spacial score (nSPS) is 15.9. The van der Waals surface area contributed by atoms with Crippen molar-refractivity contribution in [1.29, 1.82) is 0 Å². The molecule has 0 unspecified atom stereocenters. The fraction of sp³-hybridized carbons (Fsp3) is 0.333. The van der Waals surface area contributed by atoms with Crippen LogP contribution in [0.4, 0.5) is 13.2 Å². The molecule has 2 aromatic carbocycles. The number of hydrogen-bond acceptors (Lipinski definition) is 6. The monoisotopic (exact) mass is 496 g/mol. The molecule has 1 aliphatic rings. The molecule has 31 heavy (non-hydrogen) atoms. The summed E-state index contributed by atoms with van der Waals surface area (Å²) in [5.41, 5.74) is 1.80. The van der Waals surface area contributed by atoms with E-state index in [4.69, 9.17) is 4.42 Å². The zero-order valence-electron chi connectivity index (χ0n) is 16.5. The van der Waals surface area contributed by atoms with Gasteiger partial charge in [-0.05, 0) is 45.8 Å². The third-order valence-corrected chi connectivity index (χ3v) is 5.65. The van der Waals surface area contributed by atoms with Gasteiger partial charge in [0.2, 0.25) is 11.8 Å². The predicted octanol–water partition coefficient (Wildman–Crippen LogP) is 4.72. The van der Waals surface area contributed by atoms with Gasteiger partial charge in [-0.3, -0.25) is 9.80 Å². The molecule has 1 saturated heterocycles. The molecule has 1 aromatic heterocycles. The van der Waals surface area contributed by atoms with E-state index in [-0.39, 0.29) is 5.75 Å². The average Bonchev–Trinajstić information content (AvgIpc) is 3.18. The van der Waals surface area contributed by atoms with Crippen LogP contribution in [0.15, 0.2) is 57.4 Å². The topological polar surface area (TPSA) is 54.6 Å². The van der Waals surface area contributed by atoms with Crippen LogP contribution in [-0.4, -0.2) is 52.5 Å². The fourth-order valence-electron chi connectivity index (χ4n) is 3.41. The lowest BCUT2D eigenvalue weighted by atomic mass is 10.2. The van der Waals surface area contributed by atoms with Gasteiger partial charge in [-0.15, -0.1) is 23.4 Å². The van der Waals surface area contributed by atoms with Crippen LogP contribution in [-0.2, 0) is 13.1 Å². The van der Waals surface area contributed by atoms with E-state index in [9.17, 15) is 13.2 Å². The van der Waals surface area contributed by atoms with E-state index < -0.39 is 6.36 Å². The van der Waals surface area contributed by atoms with Gasteiger partial charge in [0, 0.05) is 37.2 Å². The van der Waals surface area contributed by atoms with Crippen molar-refractivity contribution in [3.8, 4) is 17.2 Å². The van der Waals surface area contributed by atoms with Crippen molar-refractivity contribution in [1.82, 2.24) is 20.0 Å². The summed E-state index contributed by atoms with van der Waals surface area (Å²) in [4.78, 5) is 4.50. The van der Waals surface area contributed by atoms with Crippen LogP contribution in [0, 0.1) is 0 Å². The SMILES string of the molecule is FC(F)(F)Oc1ccc(CN2CCN(Cc3nnc(-c4ccccc4Br)o3)CC2)cc1. The smallest absolute Gasteiger partial charge is 0.419 e. The van der Waals surface area contributed by atoms with Crippen molar-refractivity contribution >= 4 is 15.9 Å². The summed E-state index contributed by atoms with van der Waals surface area (Å²) in [6.45, 7) is 4.60. The quantitative estimate of drug-likeness (QED) is 0.492. The number of alkyl halides is 3. The minimum absolute atomic E-state index is 0.206. The Bertz CT molecular complexity index is 1000. The molecule has 0 N–H and O–H groups in total. The molecule has 0 bridgehead atoms. The first-order valence-corrected chi connectivity index (χ1v) is 10.5. The molecule has 164 valence electrons. The standard InChI is InChI=1S/C21H20BrF3N4O2/c22-18-4-2-1-3-17(18)20-27-26-19(30-20)14-29-11-9-28(10-12-29)13-15-5-7-16(8-6-15)31-21(23,24)25/h1-8H,9-14H2. The summed E-state index contributed by atoms with van der Waals surface area (Å²) >= 11 is 3.49. The van der Waals surface area contributed by atoms with Crippen molar-refractivity contribution in [2.24, 2.45) is 0 Å². The highest BCUT2D eigenvalue weighted by Gasteiger charge is 2.31. The lowest BCUT2D eigenvalue weighted by Crippen LogP contribution is -2.45. The van der Waals surface area contributed by atoms with E-state index in [2.05, 4.69) is 40.7 Å². The van der Waals surface area contributed by atoms with Crippen molar-refractivity contribution in [2.75, 3.05) is 26.2 Å². The molecule has 10 heteroatoms. The Morgan fingerprint density at radius 2 is 1.55 bits per heavy atom.